The van der Waals surface area contributed by atoms with Gasteiger partial charge in [-0.05, 0) is 48.5 Å². The van der Waals surface area contributed by atoms with Crippen molar-refractivity contribution in [1.29, 1.82) is 0 Å². The number of halogens is 3. The molecule has 2 aromatic carbocycles. The number of rotatable bonds is 5. The molecule has 138 valence electrons. The summed E-state index contributed by atoms with van der Waals surface area (Å²) in [6.07, 6.45) is 1.22. The Bertz CT molecular complexity index is 1020. The van der Waals surface area contributed by atoms with Crippen LogP contribution in [0.2, 0.25) is 10.0 Å². The third-order valence-electron chi connectivity index (χ3n) is 3.42. The Morgan fingerprint density at radius 3 is 2.30 bits per heavy atom. The SMILES string of the molecule is O=C(Cn1ncc(Cl)c(Cl)c1=O)Nc1ccc(Oc2ccc(Br)cc2)cc1. The van der Waals surface area contributed by atoms with Gasteiger partial charge in [0, 0.05) is 10.2 Å². The van der Waals surface area contributed by atoms with E-state index in [1.54, 1.807) is 24.3 Å². The number of anilines is 1. The Hall–Kier alpha value is -2.35. The highest BCUT2D eigenvalue weighted by atomic mass is 79.9. The standard InChI is InChI=1S/C18H12BrCl2N3O3/c19-11-1-5-13(6-2-11)27-14-7-3-12(4-8-14)23-16(25)10-24-18(26)17(21)15(20)9-22-24/h1-9H,10H2,(H,23,25). The predicted molar refractivity (Wildman–Crippen MR) is 108 cm³/mol. The first kappa shape index (κ1) is 19.4. The molecule has 9 heteroatoms. The van der Waals surface area contributed by atoms with E-state index in [4.69, 9.17) is 27.9 Å². The summed E-state index contributed by atoms with van der Waals surface area (Å²) in [6.45, 7) is -0.285. The van der Waals surface area contributed by atoms with E-state index in [2.05, 4.69) is 26.3 Å². The minimum absolute atomic E-state index is 0.0414. The normalized spacial score (nSPS) is 10.5. The van der Waals surface area contributed by atoms with Crippen molar-refractivity contribution in [3.63, 3.8) is 0 Å². The first-order valence-corrected chi connectivity index (χ1v) is 9.22. The number of nitrogens with one attached hydrogen (secondary N) is 1. The van der Waals surface area contributed by atoms with E-state index in [1.807, 2.05) is 24.3 Å². The van der Waals surface area contributed by atoms with E-state index in [1.165, 1.54) is 6.20 Å². The maximum atomic E-state index is 12.1. The average molecular weight is 469 g/mol. The van der Waals surface area contributed by atoms with Crippen LogP contribution in [0.1, 0.15) is 0 Å². The lowest BCUT2D eigenvalue weighted by molar-refractivity contribution is -0.117. The van der Waals surface area contributed by atoms with Gasteiger partial charge in [-0.3, -0.25) is 9.59 Å². The van der Waals surface area contributed by atoms with E-state index in [0.29, 0.717) is 17.2 Å². The lowest BCUT2D eigenvalue weighted by atomic mass is 10.3. The monoisotopic (exact) mass is 467 g/mol. The average Bonchev–Trinajstić information content (AvgIpc) is 2.66. The first-order chi connectivity index (χ1) is 12.9. The Kier molecular flexibility index (Phi) is 6.15. The highest BCUT2D eigenvalue weighted by Crippen LogP contribution is 2.24. The molecule has 1 heterocycles. The topological polar surface area (TPSA) is 73.2 Å². The third-order valence-corrected chi connectivity index (χ3v) is 4.70. The van der Waals surface area contributed by atoms with E-state index >= 15 is 0 Å². The fourth-order valence-electron chi connectivity index (χ4n) is 2.14. The van der Waals surface area contributed by atoms with Crippen LogP contribution in [0.15, 0.2) is 64.0 Å². The maximum absolute atomic E-state index is 12.1. The molecule has 27 heavy (non-hydrogen) atoms. The van der Waals surface area contributed by atoms with Crippen LogP contribution >= 0.6 is 39.1 Å². The van der Waals surface area contributed by atoms with Gasteiger partial charge in [0.25, 0.3) is 5.56 Å². The molecule has 1 amide bonds. The second-order valence-electron chi connectivity index (χ2n) is 5.40. The van der Waals surface area contributed by atoms with Crippen LogP contribution in [0.25, 0.3) is 0 Å². The van der Waals surface area contributed by atoms with Crippen LogP contribution in [0, 0.1) is 0 Å². The van der Waals surface area contributed by atoms with Gasteiger partial charge in [0.2, 0.25) is 5.91 Å². The fourth-order valence-corrected chi connectivity index (χ4v) is 2.67. The van der Waals surface area contributed by atoms with Crippen LogP contribution in [-0.4, -0.2) is 15.7 Å². The quantitative estimate of drug-likeness (QED) is 0.586. The molecule has 1 N–H and O–H groups in total. The second kappa shape index (κ2) is 8.56. The molecule has 0 aliphatic heterocycles. The fraction of sp³-hybridized carbons (Fsp3) is 0.0556. The summed E-state index contributed by atoms with van der Waals surface area (Å²) in [6, 6.07) is 14.3. The highest BCUT2D eigenvalue weighted by molar-refractivity contribution is 9.10. The van der Waals surface area contributed by atoms with Crippen molar-refractivity contribution in [3.05, 3.63) is 79.6 Å². The number of aromatic nitrogens is 2. The molecule has 0 atom stereocenters. The number of nitrogens with zero attached hydrogens (tertiary/aromatic N) is 2. The van der Waals surface area contributed by atoms with Crippen LogP contribution in [0.5, 0.6) is 11.5 Å². The van der Waals surface area contributed by atoms with Gasteiger partial charge in [-0.1, -0.05) is 39.1 Å². The van der Waals surface area contributed by atoms with Crippen molar-refractivity contribution in [2.45, 2.75) is 6.54 Å². The summed E-state index contributed by atoms with van der Waals surface area (Å²) in [4.78, 5) is 24.0. The van der Waals surface area contributed by atoms with Gasteiger partial charge >= 0.3 is 0 Å². The number of amides is 1. The van der Waals surface area contributed by atoms with E-state index < -0.39 is 11.5 Å². The minimum Gasteiger partial charge on any atom is -0.457 e. The summed E-state index contributed by atoms with van der Waals surface area (Å²) in [7, 11) is 0. The molecule has 0 unspecified atom stereocenters. The number of carbonyl (C=O) groups excluding carboxylic acids is 1. The van der Waals surface area contributed by atoms with Crippen LogP contribution in [-0.2, 0) is 11.3 Å². The van der Waals surface area contributed by atoms with Crippen molar-refractivity contribution in [2.24, 2.45) is 0 Å². The van der Waals surface area contributed by atoms with Gasteiger partial charge in [0.05, 0.1) is 11.2 Å². The molecule has 3 aromatic rings. The molecular weight excluding hydrogens is 457 g/mol. The van der Waals surface area contributed by atoms with Gasteiger partial charge in [-0.25, -0.2) is 4.68 Å². The van der Waals surface area contributed by atoms with Crippen molar-refractivity contribution in [1.82, 2.24) is 9.78 Å². The van der Waals surface area contributed by atoms with E-state index in [9.17, 15) is 9.59 Å². The number of ether oxygens (including phenoxy) is 1. The van der Waals surface area contributed by atoms with E-state index in [0.717, 1.165) is 9.15 Å². The molecule has 6 nitrogen and oxygen atoms in total. The molecule has 1 aromatic heterocycles. The lowest BCUT2D eigenvalue weighted by Crippen LogP contribution is -2.29. The van der Waals surface area contributed by atoms with Gasteiger partial charge in [-0.15, -0.1) is 0 Å². The zero-order valence-corrected chi connectivity index (χ0v) is 16.8. The third kappa shape index (κ3) is 5.09. The van der Waals surface area contributed by atoms with Crippen molar-refractivity contribution in [2.75, 3.05) is 5.32 Å². The van der Waals surface area contributed by atoms with Crippen LogP contribution in [0.4, 0.5) is 5.69 Å². The van der Waals surface area contributed by atoms with Gasteiger partial charge in [0.1, 0.15) is 23.1 Å². The summed E-state index contributed by atoms with van der Waals surface area (Å²) in [5.41, 5.74) is -0.0752. The predicted octanol–water partition coefficient (Wildman–Crippen LogP) is 4.74. The first-order valence-electron chi connectivity index (χ1n) is 7.67. The summed E-state index contributed by atoms with van der Waals surface area (Å²) in [5, 5.41) is 6.33. The number of carbonyl (C=O) groups is 1. The van der Waals surface area contributed by atoms with Crippen molar-refractivity contribution >= 4 is 50.7 Å². The molecular formula is C18H12BrCl2N3O3. The van der Waals surface area contributed by atoms with Gasteiger partial charge in [0.15, 0.2) is 0 Å². The number of hydrogen-bond donors (Lipinski definition) is 1. The molecule has 0 saturated carbocycles. The second-order valence-corrected chi connectivity index (χ2v) is 7.10. The largest absolute Gasteiger partial charge is 0.457 e. The molecule has 0 spiro atoms. The maximum Gasteiger partial charge on any atom is 0.287 e. The molecule has 0 saturated heterocycles. The zero-order valence-electron chi connectivity index (χ0n) is 13.7. The molecule has 0 fully saturated rings. The molecule has 0 aliphatic carbocycles. The zero-order chi connectivity index (χ0) is 19.4. The Morgan fingerprint density at radius 2 is 1.67 bits per heavy atom. The van der Waals surface area contributed by atoms with Gasteiger partial charge < -0.3 is 10.1 Å². The van der Waals surface area contributed by atoms with Crippen LogP contribution in [0.3, 0.4) is 0 Å². The smallest absolute Gasteiger partial charge is 0.287 e. The summed E-state index contributed by atoms with van der Waals surface area (Å²) in [5.74, 6) is 0.891. The van der Waals surface area contributed by atoms with Crippen molar-refractivity contribution < 1.29 is 9.53 Å². The van der Waals surface area contributed by atoms with Gasteiger partial charge in [-0.2, -0.15) is 5.10 Å². The summed E-state index contributed by atoms with van der Waals surface area (Å²) >= 11 is 14.8. The molecule has 3 rings (SSSR count). The molecule has 0 radical (unpaired) electrons. The van der Waals surface area contributed by atoms with E-state index in [-0.39, 0.29) is 16.6 Å². The molecule has 0 aliphatic rings. The number of hydrogen-bond acceptors (Lipinski definition) is 4. The number of benzene rings is 2. The Labute approximate surface area is 172 Å². The minimum atomic E-state index is -0.627. The Morgan fingerprint density at radius 1 is 1.07 bits per heavy atom. The van der Waals surface area contributed by atoms with Crippen molar-refractivity contribution in [3.8, 4) is 11.5 Å². The lowest BCUT2D eigenvalue weighted by Gasteiger charge is -2.09. The molecule has 0 bridgehead atoms. The summed E-state index contributed by atoms with van der Waals surface area (Å²) < 4.78 is 7.61. The highest BCUT2D eigenvalue weighted by Gasteiger charge is 2.11. The van der Waals surface area contributed by atoms with Crippen LogP contribution < -0.4 is 15.6 Å². The Balaban J connectivity index is 1.62.